The van der Waals surface area contributed by atoms with Crippen LogP contribution in [-0.4, -0.2) is 33.8 Å². The second-order valence-corrected chi connectivity index (χ2v) is 7.85. The molecule has 1 aromatic rings. The third kappa shape index (κ3) is 3.75. The Bertz CT molecular complexity index is 622. The van der Waals surface area contributed by atoms with Crippen molar-refractivity contribution in [1.82, 2.24) is 5.32 Å². The summed E-state index contributed by atoms with van der Waals surface area (Å²) in [5.74, 6) is -0.423. The highest BCUT2D eigenvalue weighted by Crippen LogP contribution is 2.36. The second-order valence-electron chi connectivity index (χ2n) is 4.90. The van der Waals surface area contributed by atoms with Crippen molar-refractivity contribution in [3.8, 4) is 0 Å². The number of nitrogens with one attached hydrogen (secondary N) is 2. The van der Waals surface area contributed by atoms with E-state index < -0.39 is 16.0 Å². The minimum absolute atomic E-state index is 0.0604. The predicted molar refractivity (Wildman–Crippen MR) is 83.4 cm³/mol. The molecule has 0 aromatic carbocycles. The van der Waals surface area contributed by atoms with E-state index in [2.05, 4.69) is 10.0 Å². The summed E-state index contributed by atoms with van der Waals surface area (Å²) in [6, 6.07) is 0. The van der Waals surface area contributed by atoms with Crippen molar-refractivity contribution >= 4 is 32.3 Å². The van der Waals surface area contributed by atoms with Gasteiger partial charge in [-0.3, -0.25) is 4.72 Å². The van der Waals surface area contributed by atoms with E-state index in [1.165, 1.54) is 18.4 Å². The van der Waals surface area contributed by atoms with E-state index in [9.17, 15) is 13.2 Å². The van der Waals surface area contributed by atoms with Crippen LogP contribution in [0.5, 0.6) is 0 Å². The van der Waals surface area contributed by atoms with Gasteiger partial charge in [0.15, 0.2) is 0 Å². The molecule has 0 unspecified atom stereocenters. The van der Waals surface area contributed by atoms with Crippen molar-refractivity contribution in [2.24, 2.45) is 0 Å². The van der Waals surface area contributed by atoms with Crippen LogP contribution in [0.2, 0.25) is 0 Å². The topological polar surface area (TPSA) is 84.5 Å². The van der Waals surface area contributed by atoms with Gasteiger partial charge >= 0.3 is 5.97 Å². The van der Waals surface area contributed by atoms with Crippen LogP contribution in [0.25, 0.3) is 0 Å². The average molecular weight is 332 g/mol. The van der Waals surface area contributed by atoms with Crippen molar-refractivity contribution in [3.05, 3.63) is 16.0 Å². The molecule has 0 saturated carbocycles. The van der Waals surface area contributed by atoms with Crippen molar-refractivity contribution < 1.29 is 17.9 Å². The van der Waals surface area contributed by atoms with E-state index in [1.807, 2.05) is 6.92 Å². The summed E-state index contributed by atoms with van der Waals surface area (Å²) in [5, 5.41) is 3.60. The zero-order valence-electron chi connectivity index (χ0n) is 12.2. The third-order valence-electron chi connectivity index (χ3n) is 3.33. The minimum atomic E-state index is -3.43. The maximum atomic E-state index is 12.1. The third-order valence-corrected chi connectivity index (χ3v) is 5.95. The lowest BCUT2D eigenvalue weighted by Crippen LogP contribution is -2.23. The van der Waals surface area contributed by atoms with Crippen LogP contribution < -0.4 is 10.0 Å². The lowest BCUT2D eigenvalue weighted by molar-refractivity contribution is 0.0601. The van der Waals surface area contributed by atoms with E-state index in [4.69, 9.17) is 4.74 Å². The van der Waals surface area contributed by atoms with E-state index >= 15 is 0 Å². The Morgan fingerprint density at radius 2 is 2.24 bits per heavy atom. The first kappa shape index (κ1) is 16.3. The molecule has 21 heavy (non-hydrogen) atoms. The van der Waals surface area contributed by atoms with Crippen LogP contribution in [0.15, 0.2) is 0 Å². The van der Waals surface area contributed by atoms with E-state index in [0.29, 0.717) is 30.0 Å². The number of thiophene rings is 1. The molecular formula is C13H20N2O4S2. The molecule has 1 aromatic heterocycles. The highest BCUT2D eigenvalue weighted by atomic mass is 32.2. The van der Waals surface area contributed by atoms with E-state index in [-0.39, 0.29) is 5.75 Å². The Morgan fingerprint density at radius 1 is 1.48 bits per heavy atom. The molecule has 2 rings (SSSR count). The lowest BCUT2D eigenvalue weighted by Gasteiger charge is -2.13. The molecule has 0 aliphatic carbocycles. The molecular weight excluding hydrogens is 312 g/mol. The van der Waals surface area contributed by atoms with Crippen molar-refractivity contribution in [2.75, 3.05) is 24.1 Å². The Balaban J connectivity index is 2.34. The number of methoxy groups -OCH3 is 1. The molecule has 6 nitrogen and oxygen atoms in total. The first-order valence-corrected chi connectivity index (χ1v) is 9.39. The molecule has 0 fully saturated rings. The molecule has 0 amide bonds. The number of sulfonamides is 1. The van der Waals surface area contributed by atoms with Crippen LogP contribution in [-0.2, 0) is 27.7 Å². The standard InChI is InChI=1S/C13H20N2O4S2/c1-3-4-7-21(17,18)15-12-11(13(16)19-2)9-5-6-14-8-10(9)20-12/h14-15H,3-8H2,1-2H3. The zero-order chi connectivity index (χ0) is 15.5. The molecule has 0 bridgehead atoms. The minimum Gasteiger partial charge on any atom is -0.465 e. The summed E-state index contributed by atoms with van der Waals surface area (Å²) < 4.78 is 31.5. The molecule has 1 aliphatic rings. The Labute approximate surface area is 128 Å². The van der Waals surface area contributed by atoms with Gasteiger partial charge in [-0.25, -0.2) is 13.2 Å². The maximum absolute atomic E-state index is 12.1. The summed E-state index contributed by atoms with van der Waals surface area (Å²) in [6.45, 7) is 3.36. The van der Waals surface area contributed by atoms with Crippen LogP contribution in [0, 0.1) is 0 Å². The van der Waals surface area contributed by atoms with Crippen LogP contribution in [0.3, 0.4) is 0 Å². The summed E-state index contributed by atoms with van der Waals surface area (Å²) in [6.07, 6.45) is 2.10. The molecule has 0 radical (unpaired) electrons. The monoisotopic (exact) mass is 332 g/mol. The van der Waals surface area contributed by atoms with Gasteiger partial charge in [0.2, 0.25) is 10.0 Å². The summed E-state index contributed by atoms with van der Waals surface area (Å²) in [4.78, 5) is 13.0. The molecule has 2 N–H and O–H groups in total. The molecule has 0 saturated heterocycles. The van der Waals surface area contributed by atoms with Gasteiger partial charge < -0.3 is 10.1 Å². The Kier molecular flexibility index (Phi) is 5.23. The lowest BCUT2D eigenvalue weighted by atomic mass is 10.0. The number of rotatable bonds is 6. The number of hydrogen-bond acceptors (Lipinski definition) is 6. The normalized spacial score (nSPS) is 14.6. The number of anilines is 1. The maximum Gasteiger partial charge on any atom is 0.341 e. The van der Waals surface area contributed by atoms with Crippen LogP contribution in [0.4, 0.5) is 5.00 Å². The first-order valence-electron chi connectivity index (χ1n) is 6.92. The number of ether oxygens (including phenoxy) is 1. The highest BCUT2D eigenvalue weighted by Gasteiger charge is 2.27. The molecule has 2 heterocycles. The Hall–Kier alpha value is -1.12. The predicted octanol–water partition coefficient (Wildman–Crippen LogP) is 1.72. The number of fused-ring (bicyclic) bond motifs is 1. The van der Waals surface area contributed by atoms with Gasteiger partial charge in [-0.15, -0.1) is 11.3 Å². The van der Waals surface area contributed by atoms with Gasteiger partial charge in [-0.1, -0.05) is 13.3 Å². The Morgan fingerprint density at radius 3 is 2.90 bits per heavy atom. The molecule has 8 heteroatoms. The van der Waals surface area contributed by atoms with Gasteiger partial charge in [-0.05, 0) is 24.9 Å². The summed E-state index contributed by atoms with van der Waals surface area (Å²) in [7, 11) is -2.12. The SMILES string of the molecule is CCCCS(=O)(=O)Nc1sc2c(c1C(=O)OC)CCNC2. The fraction of sp³-hybridized carbons (Fsp3) is 0.615. The largest absolute Gasteiger partial charge is 0.465 e. The number of carbonyl (C=O) groups is 1. The number of esters is 1. The number of unbranched alkanes of at least 4 members (excludes halogenated alkanes) is 1. The zero-order valence-corrected chi connectivity index (χ0v) is 13.8. The van der Waals surface area contributed by atoms with Gasteiger partial charge in [0.05, 0.1) is 18.4 Å². The van der Waals surface area contributed by atoms with Crippen molar-refractivity contribution in [3.63, 3.8) is 0 Å². The van der Waals surface area contributed by atoms with Crippen molar-refractivity contribution in [2.45, 2.75) is 32.7 Å². The van der Waals surface area contributed by atoms with Crippen LogP contribution >= 0.6 is 11.3 Å². The van der Waals surface area contributed by atoms with E-state index in [1.54, 1.807) is 0 Å². The molecule has 0 spiro atoms. The quantitative estimate of drug-likeness (QED) is 0.775. The fourth-order valence-corrected chi connectivity index (χ4v) is 5.01. The summed E-state index contributed by atoms with van der Waals surface area (Å²) >= 11 is 1.31. The number of hydrogen-bond donors (Lipinski definition) is 2. The van der Waals surface area contributed by atoms with Gasteiger partial charge in [0.1, 0.15) is 5.00 Å². The van der Waals surface area contributed by atoms with Crippen LogP contribution in [0.1, 0.15) is 40.6 Å². The summed E-state index contributed by atoms with van der Waals surface area (Å²) in [5.41, 5.74) is 1.28. The first-order chi connectivity index (χ1) is 9.98. The number of carbonyl (C=O) groups excluding carboxylic acids is 1. The molecule has 1 aliphatic heterocycles. The molecule has 0 atom stereocenters. The van der Waals surface area contributed by atoms with Gasteiger partial charge in [0, 0.05) is 11.4 Å². The van der Waals surface area contributed by atoms with Gasteiger partial charge in [0.25, 0.3) is 0 Å². The second kappa shape index (κ2) is 6.76. The highest BCUT2D eigenvalue weighted by molar-refractivity contribution is 7.92. The smallest absolute Gasteiger partial charge is 0.341 e. The molecule has 118 valence electrons. The van der Waals surface area contributed by atoms with Gasteiger partial charge in [-0.2, -0.15) is 0 Å². The average Bonchev–Trinajstić information content (AvgIpc) is 2.81. The van der Waals surface area contributed by atoms with E-state index in [0.717, 1.165) is 23.4 Å². The fourth-order valence-electron chi connectivity index (χ4n) is 2.25. The van der Waals surface area contributed by atoms with Crippen molar-refractivity contribution in [1.29, 1.82) is 0 Å².